The zero-order valence-electron chi connectivity index (χ0n) is 11.6. The zero-order valence-corrected chi connectivity index (χ0v) is 11.6. The summed E-state index contributed by atoms with van der Waals surface area (Å²) >= 11 is 0. The van der Waals surface area contributed by atoms with E-state index in [1.54, 1.807) is 0 Å². The zero-order chi connectivity index (χ0) is 13.7. The van der Waals surface area contributed by atoms with Crippen molar-refractivity contribution in [2.75, 3.05) is 25.9 Å². The summed E-state index contributed by atoms with van der Waals surface area (Å²) in [6.45, 7) is 1.68. The Morgan fingerprint density at radius 2 is 2.26 bits per heavy atom. The van der Waals surface area contributed by atoms with Crippen LogP contribution in [0.25, 0.3) is 0 Å². The van der Waals surface area contributed by atoms with Crippen LogP contribution in [0.3, 0.4) is 0 Å². The third-order valence-corrected chi connectivity index (χ3v) is 3.55. The van der Waals surface area contributed by atoms with E-state index in [4.69, 9.17) is 5.73 Å². The largest absolute Gasteiger partial charge is 0.399 e. The minimum atomic E-state index is 0.117. The number of nitrogens with two attached hydrogens (primary N) is 1. The molecule has 0 spiro atoms. The van der Waals surface area contributed by atoms with Gasteiger partial charge in [-0.2, -0.15) is 0 Å². The Kier molecular flexibility index (Phi) is 4.80. The standard InChI is InChI=1S/C15H23N3O/c1-18(14-6-7-14)10-9-17-15(19)8-5-12-3-2-4-13(16)11-12/h2-4,11,14H,5-10,16H2,1H3,(H,17,19). The van der Waals surface area contributed by atoms with Crippen LogP contribution in [0.4, 0.5) is 5.69 Å². The third-order valence-electron chi connectivity index (χ3n) is 3.55. The Balaban J connectivity index is 1.61. The number of nitrogens with one attached hydrogen (secondary N) is 1. The Hall–Kier alpha value is -1.55. The van der Waals surface area contributed by atoms with E-state index in [1.165, 1.54) is 12.8 Å². The number of carbonyl (C=O) groups is 1. The maximum absolute atomic E-state index is 11.7. The van der Waals surface area contributed by atoms with Crippen molar-refractivity contribution < 1.29 is 4.79 Å². The van der Waals surface area contributed by atoms with Crippen LogP contribution in [-0.2, 0) is 11.2 Å². The summed E-state index contributed by atoms with van der Waals surface area (Å²) in [5.41, 5.74) is 7.58. The molecular formula is C15H23N3O. The highest BCUT2D eigenvalue weighted by Gasteiger charge is 2.25. The smallest absolute Gasteiger partial charge is 0.220 e. The van der Waals surface area contributed by atoms with Crippen LogP contribution in [0.5, 0.6) is 0 Å². The highest BCUT2D eigenvalue weighted by molar-refractivity contribution is 5.76. The van der Waals surface area contributed by atoms with Crippen molar-refractivity contribution in [2.24, 2.45) is 0 Å². The molecule has 1 amide bonds. The first-order chi connectivity index (χ1) is 9.15. The summed E-state index contributed by atoms with van der Waals surface area (Å²) in [5, 5.41) is 2.97. The summed E-state index contributed by atoms with van der Waals surface area (Å²) in [6, 6.07) is 8.47. The average Bonchev–Trinajstić information content (AvgIpc) is 3.20. The summed E-state index contributed by atoms with van der Waals surface area (Å²) < 4.78 is 0. The van der Waals surface area contributed by atoms with Gasteiger partial charge >= 0.3 is 0 Å². The Bertz CT molecular complexity index is 429. The topological polar surface area (TPSA) is 58.4 Å². The molecule has 4 nitrogen and oxygen atoms in total. The number of nitrogens with zero attached hydrogens (tertiary/aromatic N) is 1. The molecule has 0 aliphatic heterocycles. The summed E-state index contributed by atoms with van der Waals surface area (Å²) in [7, 11) is 2.12. The second-order valence-electron chi connectivity index (χ2n) is 5.31. The highest BCUT2D eigenvalue weighted by atomic mass is 16.1. The van der Waals surface area contributed by atoms with Crippen molar-refractivity contribution in [1.82, 2.24) is 10.2 Å². The van der Waals surface area contributed by atoms with Crippen molar-refractivity contribution in [3.8, 4) is 0 Å². The predicted molar refractivity (Wildman–Crippen MR) is 77.8 cm³/mol. The molecule has 1 aliphatic carbocycles. The molecule has 1 fully saturated rings. The molecular weight excluding hydrogens is 238 g/mol. The molecule has 0 radical (unpaired) electrons. The molecule has 0 saturated heterocycles. The van der Waals surface area contributed by atoms with Crippen molar-refractivity contribution >= 4 is 11.6 Å². The number of carbonyl (C=O) groups excluding carboxylic acids is 1. The van der Waals surface area contributed by atoms with Gasteiger partial charge in [0.1, 0.15) is 0 Å². The van der Waals surface area contributed by atoms with Crippen molar-refractivity contribution in [3.63, 3.8) is 0 Å². The molecule has 1 saturated carbocycles. The molecule has 3 N–H and O–H groups in total. The quantitative estimate of drug-likeness (QED) is 0.730. The molecule has 19 heavy (non-hydrogen) atoms. The van der Waals surface area contributed by atoms with Crippen LogP contribution >= 0.6 is 0 Å². The molecule has 0 heterocycles. The Morgan fingerprint density at radius 3 is 2.95 bits per heavy atom. The van der Waals surface area contributed by atoms with Gasteiger partial charge in [0, 0.05) is 31.2 Å². The molecule has 4 heteroatoms. The van der Waals surface area contributed by atoms with Gasteiger partial charge in [-0.25, -0.2) is 0 Å². The lowest BCUT2D eigenvalue weighted by atomic mass is 10.1. The van der Waals surface area contributed by atoms with Crippen LogP contribution < -0.4 is 11.1 Å². The van der Waals surface area contributed by atoms with E-state index >= 15 is 0 Å². The van der Waals surface area contributed by atoms with Gasteiger partial charge in [-0.05, 0) is 44.0 Å². The first kappa shape index (κ1) is 13.9. The summed E-state index contributed by atoms with van der Waals surface area (Å²) in [5.74, 6) is 0.117. The summed E-state index contributed by atoms with van der Waals surface area (Å²) in [4.78, 5) is 14.0. The minimum Gasteiger partial charge on any atom is -0.399 e. The number of nitrogen functional groups attached to an aromatic ring is 1. The van der Waals surface area contributed by atoms with Crippen LogP contribution in [0, 0.1) is 0 Å². The lowest BCUT2D eigenvalue weighted by molar-refractivity contribution is -0.121. The van der Waals surface area contributed by atoms with Gasteiger partial charge in [0.2, 0.25) is 5.91 Å². The highest BCUT2D eigenvalue weighted by Crippen LogP contribution is 2.24. The van der Waals surface area contributed by atoms with Gasteiger partial charge in [0.05, 0.1) is 0 Å². The van der Waals surface area contributed by atoms with E-state index in [0.29, 0.717) is 6.42 Å². The third kappa shape index (κ3) is 4.91. The average molecular weight is 261 g/mol. The summed E-state index contributed by atoms with van der Waals surface area (Å²) in [6.07, 6.45) is 3.88. The minimum absolute atomic E-state index is 0.117. The van der Waals surface area contributed by atoms with E-state index in [0.717, 1.165) is 36.8 Å². The molecule has 0 bridgehead atoms. The van der Waals surface area contributed by atoms with Gasteiger partial charge < -0.3 is 16.0 Å². The molecule has 104 valence electrons. The Labute approximate surface area is 115 Å². The fourth-order valence-electron chi connectivity index (χ4n) is 2.16. The Morgan fingerprint density at radius 1 is 1.47 bits per heavy atom. The first-order valence-electron chi connectivity index (χ1n) is 6.96. The second-order valence-corrected chi connectivity index (χ2v) is 5.31. The van der Waals surface area contributed by atoms with Gasteiger partial charge in [-0.3, -0.25) is 4.79 Å². The molecule has 2 rings (SSSR count). The first-order valence-corrected chi connectivity index (χ1v) is 6.96. The van der Waals surface area contributed by atoms with Crippen molar-refractivity contribution in [3.05, 3.63) is 29.8 Å². The maximum atomic E-state index is 11.7. The van der Waals surface area contributed by atoms with Gasteiger partial charge in [-0.15, -0.1) is 0 Å². The number of rotatable bonds is 7. The van der Waals surface area contributed by atoms with Crippen LogP contribution in [-0.4, -0.2) is 37.0 Å². The molecule has 0 atom stereocenters. The predicted octanol–water partition coefficient (Wildman–Crippen LogP) is 1.41. The van der Waals surface area contributed by atoms with Crippen molar-refractivity contribution in [2.45, 2.75) is 31.7 Å². The molecule has 1 aliphatic rings. The normalized spacial score (nSPS) is 14.6. The molecule has 1 aromatic carbocycles. The number of hydrogen-bond donors (Lipinski definition) is 2. The number of amides is 1. The number of likely N-dealkylation sites (N-methyl/N-ethyl adjacent to an activating group) is 1. The van der Waals surface area contributed by atoms with E-state index in [-0.39, 0.29) is 5.91 Å². The van der Waals surface area contributed by atoms with Gasteiger partial charge in [0.15, 0.2) is 0 Å². The van der Waals surface area contributed by atoms with E-state index in [2.05, 4.69) is 17.3 Å². The lowest BCUT2D eigenvalue weighted by Gasteiger charge is -2.15. The van der Waals surface area contributed by atoms with Gasteiger partial charge in [-0.1, -0.05) is 12.1 Å². The lowest BCUT2D eigenvalue weighted by Crippen LogP contribution is -2.34. The molecule has 0 unspecified atom stereocenters. The fourth-order valence-corrected chi connectivity index (χ4v) is 2.16. The number of aryl methyl sites for hydroxylation is 1. The second kappa shape index (κ2) is 6.57. The maximum Gasteiger partial charge on any atom is 0.220 e. The number of benzene rings is 1. The molecule has 0 aromatic heterocycles. The van der Waals surface area contributed by atoms with E-state index in [9.17, 15) is 4.79 Å². The fraction of sp³-hybridized carbons (Fsp3) is 0.533. The SMILES string of the molecule is CN(CCNC(=O)CCc1cccc(N)c1)C1CC1. The van der Waals surface area contributed by atoms with Crippen LogP contribution in [0.15, 0.2) is 24.3 Å². The number of hydrogen-bond acceptors (Lipinski definition) is 3. The van der Waals surface area contributed by atoms with Crippen LogP contribution in [0.1, 0.15) is 24.8 Å². The molecule has 1 aromatic rings. The van der Waals surface area contributed by atoms with E-state index in [1.807, 2.05) is 24.3 Å². The number of anilines is 1. The van der Waals surface area contributed by atoms with Crippen LogP contribution in [0.2, 0.25) is 0 Å². The monoisotopic (exact) mass is 261 g/mol. The van der Waals surface area contributed by atoms with E-state index < -0.39 is 0 Å². The van der Waals surface area contributed by atoms with Gasteiger partial charge in [0.25, 0.3) is 0 Å². The van der Waals surface area contributed by atoms with Crippen molar-refractivity contribution in [1.29, 1.82) is 0 Å².